The summed E-state index contributed by atoms with van der Waals surface area (Å²) >= 11 is 0. The van der Waals surface area contributed by atoms with Crippen molar-refractivity contribution in [3.63, 3.8) is 0 Å². The van der Waals surface area contributed by atoms with Crippen molar-refractivity contribution in [1.29, 1.82) is 5.26 Å². The van der Waals surface area contributed by atoms with Crippen molar-refractivity contribution >= 4 is 17.2 Å². The summed E-state index contributed by atoms with van der Waals surface area (Å²) in [5.41, 5.74) is 8.79. The van der Waals surface area contributed by atoms with E-state index in [0.29, 0.717) is 17.7 Å². The summed E-state index contributed by atoms with van der Waals surface area (Å²) in [6.45, 7) is 0. The zero-order chi connectivity index (χ0) is 16.9. The van der Waals surface area contributed by atoms with Gasteiger partial charge in [-0.25, -0.2) is 4.98 Å². The summed E-state index contributed by atoms with van der Waals surface area (Å²) < 4.78 is 0. The lowest BCUT2D eigenvalue weighted by Gasteiger charge is -2.24. The molecule has 0 fully saturated rings. The molecule has 3 rings (SSSR count). The molecule has 0 bridgehead atoms. The molecule has 2 aromatic rings. The maximum absolute atomic E-state index is 12.3. The Morgan fingerprint density at radius 2 is 2.04 bits per heavy atom. The molecule has 24 heavy (non-hydrogen) atoms. The highest BCUT2D eigenvalue weighted by Crippen LogP contribution is 2.27. The van der Waals surface area contributed by atoms with E-state index in [4.69, 9.17) is 11.0 Å². The van der Waals surface area contributed by atoms with Gasteiger partial charge in [-0.05, 0) is 49.1 Å². The second kappa shape index (κ2) is 6.97. The summed E-state index contributed by atoms with van der Waals surface area (Å²) in [5, 5.41) is 12.1. The van der Waals surface area contributed by atoms with Crippen LogP contribution in [0.5, 0.6) is 0 Å². The summed E-state index contributed by atoms with van der Waals surface area (Å²) in [4.78, 5) is 16.6. The molecular weight excluding hydrogens is 300 g/mol. The number of nitrogens with two attached hydrogens (primary N) is 1. The van der Waals surface area contributed by atoms with Gasteiger partial charge in [0.1, 0.15) is 6.07 Å². The van der Waals surface area contributed by atoms with E-state index in [2.05, 4.69) is 16.4 Å². The number of benzene rings is 1. The minimum Gasteiger partial charge on any atom is -0.396 e. The van der Waals surface area contributed by atoms with Crippen LogP contribution < -0.4 is 11.1 Å². The number of rotatable bonds is 3. The number of nitrogen functional groups attached to an aromatic ring is 1. The number of aromatic nitrogens is 1. The molecule has 0 aliphatic heterocycles. The van der Waals surface area contributed by atoms with Gasteiger partial charge in [-0.2, -0.15) is 5.26 Å². The van der Waals surface area contributed by atoms with Gasteiger partial charge in [-0.3, -0.25) is 4.79 Å². The number of anilines is 1. The molecule has 1 amide bonds. The highest BCUT2D eigenvalue weighted by Gasteiger charge is 2.20. The van der Waals surface area contributed by atoms with E-state index in [1.807, 2.05) is 30.3 Å². The van der Waals surface area contributed by atoms with Crippen LogP contribution in [0.25, 0.3) is 5.57 Å². The molecule has 5 heteroatoms. The molecule has 5 nitrogen and oxygen atoms in total. The van der Waals surface area contributed by atoms with E-state index in [9.17, 15) is 4.79 Å². The van der Waals surface area contributed by atoms with Crippen LogP contribution in [0.4, 0.5) is 5.69 Å². The molecule has 1 heterocycles. The van der Waals surface area contributed by atoms with Crippen LogP contribution in [0, 0.1) is 11.3 Å². The summed E-state index contributed by atoms with van der Waals surface area (Å²) in [6.07, 6.45) is 4.57. The number of amides is 1. The van der Waals surface area contributed by atoms with E-state index < -0.39 is 0 Å². The molecular formula is C19H18N4O. The standard InChI is InChI=1S/C19H18N4O/c20-12-18-16(21)9-10-17(23-18)14-7-4-8-15(11-14)22-19(24)13-5-2-1-3-6-13/h1-3,5-7,9-10,15H,4,8,11,21H2,(H,22,24). The van der Waals surface area contributed by atoms with Crippen molar-refractivity contribution in [2.24, 2.45) is 0 Å². The Morgan fingerprint density at radius 1 is 1.25 bits per heavy atom. The maximum Gasteiger partial charge on any atom is 0.251 e. The maximum atomic E-state index is 12.3. The first kappa shape index (κ1) is 15.8. The molecule has 120 valence electrons. The lowest BCUT2D eigenvalue weighted by Crippen LogP contribution is -2.36. The number of hydrogen-bond donors (Lipinski definition) is 2. The van der Waals surface area contributed by atoms with Crippen LogP contribution in [-0.2, 0) is 0 Å². The lowest BCUT2D eigenvalue weighted by molar-refractivity contribution is 0.0935. The Bertz CT molecular complexity index is 821. The molecule has 1 aliphatic rings. The monoisotopic (exact) mass is 318 g/mol. The third-order valence-corrected chi connectivity index (χ3v) is 4.10. The van der Waals surface area contributed by atoms with Crippen LogP contribution in [0.15, 0.2) is 48.5 Å². The number of nitriles is 1. The van der Waals surface area contributed by atoms with Crippen molar-refractivity contribution < 1.29 is 4.79 Å². The summed E-state index contributed by atoms with van der Waals surface area (Å²) in [7, 11) is 0. The molecule has 1 unspecified atom stereocenters. The van der Waals surface area contributed by atoms with Crippen molar-refractivity contribution in [1.82, 2.24) is 10.3 Å². The van der Waals surface area contributed by atoms with Gasteiger partial charge in [0.2, 0.25) is 0 Å². The first-order valence-corrected chi connectivity index (χ1v) is 7.89. The average molecular weight is 318 g/mol. The fourth-order valence-electron chi connectivity index (χ4n) is 2.84. The molecule has 1 atom stereocenters. The largest absolute Gasteiger partial charge is 0.396 e. The smallest absolute Gasteiger partial charge is 0.251 e. The first-order valence-electron chi connectivity index (χ1n) is 7.89. The van der Waals surface area contributed by atoms with E-state index in [1.165, 1.54) is 0 Å². The summed E-state index contributed by atoms with van der Waals surface area (Å²) in [6, 6.07) is 14.8. The number of carbonyl (C=O) groups excluding carboxylic acids is 1. The molecule has 3 N–H and O–H groups in total. The second-order valence-corrected chi connectivity index (χ2v) is 5.79. The van der Waals surface area contributed by atoms with Crippen LogP contribution in [-0.4, -0.2) is 16.9 Å². The number of pyridine rings is 1. The normalized spacial score (nSPS) is 16.8. The van der Waals surface area contributed by atoms with Gasteiger partial charge in [-0.1, -0.05) is 24.3 Å². The number of nitrogens with zero attached hydrogens (tertiary/aromatic N) is 2. The number of allylic oxidation sites excluding steroid dienone is 1. The Labute approximate surface area is 140 Å². The van der Waals surface area contributed by atoms with Crippen molar-refractivity contribution in [3.05, 3.63) is 65.5 Å². The second-order valence-electron chi connectivity index (χ2n) is 5.79. The lowest BCUT2D eigenvalue weighted by atomic mass is 9.92. The predicted molar refractivity (Wildman–Crippen MR) is 92.9 cm³/mol. The highest BCUT2D eigenvalue weighted by atomic mass is 16.1. The molecule has 0 saturated heterocycles. The fourth-order valence-corrected chi connectivity index (χ4v) is 2.84. The van der Waals surface area contributed by atoms with Gasteiger partial charge >= 0.3 is 0 Å². The van der Waals surface area contributed by atoms with E-state index >= 15 is 0 Å². The molecule has 1 aliphatic carbocycles. The third kappa shape index (κ3) is 3.44. The van der Waals surface area contributed by atoms with Crippen LogP contribution >= 0.6 is 0 Å². The highest BCUT2D eigenvalue weighted by molar-refractivity contribution is 5.94. The Hall–Kier alpha value is -3.13. The van der Waals surface area contributed by atoms with Crippen molar-refractivity contribution in [2.45, 2.75) is 25.3 Å². The van der Waals surface area contributed by atoms with Crippen LogP contribution in [0.1, 0.15) is 41.0 Å². The molecule has 0 spiro atoms. The van der Waals surface area contributed by atoms with Crippen LogP contribution in [0.2, 0.25) is 0 Å². The van der Waals surface area contributed by atoms with Gasteiger partial charge < -0.3 is 11.1 Å². The Morgan fingerprint density at radius 3 is 2.79 bits per heavy atom. The Kier molecular flexibility index (Phi) is 4.57. The Balaban J connectivity index is 1.72. The summed E-state index contributed by atoms with van der Waals surface area (Å²) in [5.74, 6) is -0.0650. The minimum absolute atomic E-state index is 0.0580. The van der Waals surface area contributed by atoms with Gasteiger partial charge in [-0.15, -0.1) is 0 Å². The quantitative estimate of drug-likeness (QED) is 0.910. The van der Waals surface area contributed by atoms with Gasteiger partial charge in [0.05, 0.1) is 11.4 Å². The predicted octanol–water partition coefficient (Wildman–Crippen LogP) is 2.90. The van der Waals surface area contributed by atoms with E-state index in [0.717, 1.165) is 24.1 Å². The van der Waals surface area contributed by atoms with Gasteiger partial charge in [0.15, 0.2) is 5.69 Å². The number of hydrogen-bond acceptors (Lipinski definition) is 4. The number of carbonyl (C=O) groups is 1. The van der Waals surface area contributed by atoms with Crippen molar-refractivity contribution in [2.75, 3.05) is 5.73 Å². The number of nitrogens with one attached hydrogen (secondary N) is 1. The topological polar surface area (TPSA) is 91.8 Å². The van der Waals surface area contributed by atoms with E-state index in [-0.39, 0.29) is 17.6 Å². The average Bonchev–Trinajstić information content (AvgIpc) is 2.63. The minimum atomic E-state index is -0.0650. The fraction of sp³-hybridized carbons (Fsp3) is 0.211. The third-order valence-electron chi connectivity index (χ3n) is 4.10. The first-order chi connectivity index (χ1) is 11.7. The van der Waals surface area contributed by atoms with Crippen molar-refractivity contribution in [3.8, 4) is 6.07 Å². The molecule has 0 radical (unpaired) electrons. The SMILES string of the molecule is N#Cc1nc(C2=CCCC(NC(=O)c3ccccc3)C2)ccc1N. The van der Waals surface area contributed by atoms with Gasteiger partial charge in [0, 0.05) is 11.6 Å². The molecule has 0 saturated carbocycles. The molecule has 1 aromatic carbocycles. The zero-order valence-corrected chi connectivity index (χ0v) is 13.2. The zero-order valence-electron chi connectivity index (χ0n) is 13.2. The van der Waals surface area contributed by atoms with E-state index in [1.54, 1.807) is 18.2 Å². The van der Waals surface area contributed by atoms with Gasteiger partial charge in [0.25, 0.3) is 5.91 Å². The molecule has 1 aromatic heterocycles. The van der Waals surface area contributed by atoms with Crippen LogP contribution in [0.3, 0.4) is 0 Å².